The number of carbonyl (C=O) groups is 2. The van der Waals surface area contributed by atoms with Gasteiger partial charge in [-0.3, -0.25) is 4.79 Å². The number of hydrogen-bond donors (Lipinski definition) is 2. The molecule has 0 radical (unpaired) electrons. The van der Waals surface area contributed by atoms with E-state index < -0.39 is 0 Å². The molecule has 0 atom stereocenters. The number of nitrogens with one attached hydrogen (secondary N) is 1. The molecule has 1 amide bonds. The first-order valence-electron chi connectivity index (χ1n) is 7.31. The zero-order valence-electron chi connectivity index (χ0n) is 13.6. The van der Waals surface area contributed by atoms with Gasteiger partial charge in [0.15, 0.2) is 0 Å². The molecule has 5 nitrogen and oxygen atoms in total. The summed E-state index contributed by atoms with van der Waals surface area (Å²) in [7, 11) is 0. The summed E-state index contributed by atoms with van der Waals surface area (Å²) in [5.74, 6) is 0.131. The second-order valence-electron chi connectivity index (χ2n) is 6.18. The van der Waals surface area contributed by atoms with Crippen LogP contribution in [0.25, 0.3) is 0 Å². The fraction of sp³-hybridized carbons (Fsp3) is 0.867. The Morgan fingerprint density at radius 1 is 1.10 bits per heavy atom. The predicted molar refractivity (Wildman–Crippen MR) is 86.8 cm³/mol. The van der Waals surface area contributed by atoms with Crippen LogP contribution in [0.5, 0.6) is 0 Å². The van der Waals surface area contributed by atoms with Gasteiger partial charge < -0.3 is 19.6 Å². The molecule has 0 aromatic carbocycles. The van der Waals surface area contributed by atoms with E-state index in [1.165, 1.54) is 0 Å². The molecule has 0 unspecified atom stereocenters. The summed E-state index contributed by atoms with van der Waals surface area (Å²) in [6, 6.07) is 0. The Balaban J connectivity index is 3.90. The maximum atomic E-state index is 11.1. The highest BCUT2D eigenvalue weighted by molar-refractivity contribution is 7.81. The molecule has 0 aromatic heterocycles. The zero-order chi connectivity index (χ0) is 16.4. The molecule has 0 bridgehead atoms. The van der Waals surface area contributed by atoms with Gasteiger partial charge in [0, 0.05) is 13.0 Å². The van der Waals surface area contributed by atoms with Gasteiger partial charge in [-0.25, -0.2) is 0 Å². The van der Waals surface area contributed by atoms with Gasteiger partial charge in [-0.05, 0) is 40.5 Å². The lowest BCUT2D eigenvalue weighted by Gasteiger charge is -2.29. The molecular weight excluding hydrogens is 290 g/mol. The first-order valence-corrected chi connectivity index (χ1v) is 7.95. The normalized spacial score (nSPS) is 12.2. The molecule has 0 saturated carbocycles. The summed E-state index contributed by atoms with van der Waals surface area (Å²) >= 11 is 3.90. The van der Waals surface area contributed by atoms with Crippen molar-refractivity contribution in [2.75, 3.05) is 25.5 Å². The highest BCUT2D eigenvalue weighted by atomic mass is 32.1. The molecule has 0 aliphatic carbocycles. The van der Waals surface area contributed by atoms with E-state index in [0.717, 1.165) is 19.1 Å². The fourth-order valence-corrected chi connectivity index (χ4v) is 1.77. The Morgan fingerprint density at radius 2 is 1.67 bits per heavy atom. The van der Waals surface area contributed by atoms with Crippen molar-refractivity contribution in [1.29, 1.82) is 0 Å². The van der Waals surface area contributed by atoms with Gasteiger partial charge in [0.05, 0.1) is 30.2 Å². The van der Waals surface area contributed by atoms with E-state index in [2.05, 4.69) is 17.9 Å². The van der Waals surface area contributed by atoms with Crippen molar-refractivity contribution in [3.8, 4) is 0 Å². The van der Waals surface area contributed by atoms with Gasteiger partial charge in [0.2, 0.25) is 5.91 Å². The Bertz CT molecular complexity index is 319. The van der Waals surface area contributed by atoms with E-state index in [-0.39, 0.29) is 22.9 Å². The zero-order valence-corrected chi connectivity index (χ0v) is 14.5. The first-order chi connectivity index (χ1) is 9.72. The van der Waals surface area contributed by atoms with Crippen molar-refractivity contribution in [2.45, 2.75) is 58.2 Å². The van der Waals surface area contributed by atoms with Crippen molar-refractivity contribution in [3.05, 3.63) is 0 Å². The van der Waals surface area contributed by atoms with Crippen molar-refractivity contribution in [3.63, 3.8) is 0 Å². The second-order valence-corrected chi connectivity index (χ2v) is 6.50. The van der Waals surface area contributed by atoms with E-state index in [9.17, 15) is 9.59 Å². The van der Waals surface area contributed by atoms with Crippen LogP contribution in [0.4, 0.5) is 0 Å². The Hall–Kier alpha value is -0.590. The molecule has 0 heterocycles. The second kappa shape index (κ2) is 10.2. The van der Waals surface area contributed by atoms with Gasteiger partial charge in [0.25, 0.3) is 0 Å². The summed E-state index contributed by atoms with van der Waals surface area (Å²) in [6.45, 7) is 9.56. The molecule has 0 rings (SSSR count). The summed E-state index contributed by atoms with van der Waals surface area (Å²) in [5.41, 5.74) is -0.609. The van der Waals surface area contributed by atoms with E-state index in [4.69, 9.17) is 9.47 Å². The molecule has 0 aliphatic heterocycles. The van der Waals surface area contributed by atoms with Gasteiger partial charge in [-0.2, -0.15) is 12.6 Å². The molecule has 0 saturated heterocycles. The smallest absolute Gasteiger partial charge is 0.229 e. The van der Waals surface area contributed by atoms with Crippen LogP contribution >= 0.6 is 12.6 Å². The minimum Gasteiger partial charge on any atom is -0.375 e. The van der Waals surface area contributed by atoms with Crippen molar-refractivity contribution < 1.29 is 19.1 Å². The van der Waals surface area contributed by atoms with Crippen LogP contribution in [0.3, 0.4) is 0 Å². The number of carbonyl (C=O) groups excluding carboxylic acids is 2. The molecule has 124 valence electrons. The summed E-state index contributed by atoms with van der Waals surface area (Å²) < 4.78 is 11.5. The van der Waals surface area contributed by atoms with Crippen LogP contribution in [-0.2, 0) is 19.1 Å². The lowest BCUT2D eigenvalue weighted by Crippen LogP contribution is -2.35. The predicted octanol–water partition coefficient (Wildman–Crippen LogP) is 1.99. The van der Waals surface area contributed by atoms with E-state index in [1.807, 2.05) is 27.7 Å². The maximum absolute atomic E-state index is 11.1. The minimum atomic E-state index is -0.306. The number of aldehydes is 1. The summed E-state index contributed by atoms with van der Waals surface area (Å²) in [6.07, 6.45) is 2.76. The number of ether oxygens (including phenoxy) is 2. The molecule has 0 aliphatic rings. The van der Waals surface area contributed by atoms with Crippen molar-refractivity contribution >= 4 is 24.8 Å². The van der Waals surface area contributed by atoms with Crippen LogP contribution in [0.1, 0.15) is 47.0 Å². The molecule has 21 heavy (non-hydrogen) atoms. The highest BCUT2D eigenvalue weighted by Crippen LogP contribution is 2.19. The Kier molecular flexibility index (Phi) is 9.90. The van der Waals surface area contributed by atoms with E-state index in [0.29, 0.717) is 26.2 Å². The average molecular weight is 319 g/mol. The molecule has 6 heteroatoms. The Labute approximate surface area is 133 Å². The van der Waals surface area contributed by atoms with Crippen LogP contribution in [0.15, 0.2) is 0 Å². The third-order valence-electron chi connectivity index (χ3n) is 3.12. The van der Waals surface area contributed by atoms with Gasteiger partial charge in [0.1, 0.15) is 6.29 Å². The molecule has 0 fully saturated rings. The van der Waals surface area contributed by atoms with Crippen LogP contribution in [0, 0.1) is 0 Å². The van der Waals surface area contributed by atoms with Gasteiger partial charge in [-0.1, -0.05) is 0 Å². The maximum Gasteiger partial charge on any atom is 0.229 e. The van der Waals surface area contributed by atoms with E-state index >= 15 is 0 Å². The summed E-state index contributed by atoms with van der Waals surface area (Å²) in [5, 5.41) is 2.78. The molecule has 1 N–H and O–H groups in total. The van der Waals surface area contributed by atoms with Gasteiger partial charge >= 0.3 is 0 Å². The molecular formula is C15H29NO4S. The molecule has 0 aromatic rings. The number of rotatable bonds is 12. The largest absolute Gasteiger partial charge is 0.375 e. The van der Waals surface area contributed by atoms with Crippen LogP contribution in [-0.4, -0.2) is 48.9 Å². The van der Waals surface area contributed by atoms with Crippen LogP contribution < -0.4 is 5.32 Å². The third-order valence-corrected chi connectivity index (χ3v) is 3.41. The Morgan fingerprint density at radius 3 is 2.24 bits per heavy atom. The average Bonchev–Trinajstić information content (AvgIpc) is 2.37. The van der Waals surface area contributed by atoms with E-state index in [1.54, 1.807) is 0 Å². The highest BCUT2D eigenvalue weighted by Gasteiger charge is 2.22. The number of thiol groups is 1. The third kappa shape index (κ3) is 11.7. The quantitative estimate of drug-likeness (QED) is 0.328. The SMILES string of the molecule is CC(C)(CCNC(=O)CS)OCCC(C)(C)OCCC=O. The number of amides is 1. The monoisotopic (exact) mass is 319 g/mol. The topological polar surface area (TPSA) is 64.6 Å². The van der Waals surface area contributed by atoms with Crippen molar-refractivity contribution in [1.82, 2.24) is 5.32 Å². The standard InChI is InChI=1S/C15H29NO4S/c1-14(2,6-8-16-13(18)12-21)20-11-7-15(3,4)19-10-5-9-17/h9,21H,5-8,10-12H2,1-4H3,(H,16,18). The fourth-order valence-electron chi connectivity index (χ4n) is 1.66. The van der Waals surface area contributed by atoms with Gasteiger partial charge in [-0.15, -0.1) is 0 Å². The number of hydrogen-bond acceptors (Lipinski definition) is 5. The minimum absolute atomic E-state index is 0.0705. The summed E-state index contributed by atoms with van der Waals surface area (Å²) in [4.78, 5) is 21.4. The lowest BCUT2D eigenvalue weighted by molar-refractivity contribution is -0.118. The van der Waals surface area contributed by atoms with Crippen LogP contribution in [0.2, 0.25) is 0 Å². The first kappa shape index (κ1) is 20.4. The van der Waals surface area contributed by atoms with Crippen molar-refractivity contribution in [2.24, 2.45) is 0 Å². The lowest BCUT2D eigenvalue weighted by atomic mass is 10.0. The molecule has 0 spiro atoms.